The van der Waals surface area contributed by atoms with Crippen LogP contribution in [0.1, 0.15) is 52.9 Å². The van der Waals surface area contributed by atoms with E-state index in [0.717, 1.165) is 6.04 Å². The quantitative estimate of drug-likeness (QED) is 0.790. The van der Waals surface area contributed by atoms with Crippen LogP contribution in [0, 0.1) is 5.41 Å². The zero-order valence-electron chi connectivity index (χ0n) is 11.3. The summed E-state index contributed by atoms with van der Waals surface area (Å²) in [4.78, 5) is 2.65. The zero-order valence-corrected chi connectivity index (χ0v) is 11.3. The lowest BCUT2D eigenvalue weighted by atomic mass is 9.93. The van der Waals surface area contributed by atoms with Gasteiger partial charge in [-0.25, -0.2) is 0 Å². The predicted molar refractivity (Wildman–Crippen MR) is 69.7 cm³/mol. The Morgan fingerprint density at radius 1 is 1.31 bits per heavy atom. The summed E-state index contributed by atoms with van der Waals surface area (Å²) in [6, 6.07) is 1.53. The van der Waals surface area contributed by atoms with Crippen LogP contribution in [0.25, 0.3) is 0 Å². The number of rotatable bonds is 4. The first-order chi connectivity index (χ1) is 7.57. The molecule has 94 valence electrons. The number of hydrogen-bond acceptors (Lipinski definition) is 2. The largest absolute Gasteiger partial charge is 0.312 e. The van der Waals surface area contributed by atoms with Crippen LogP contribution < -0.4 is 5.32 Å². The summed E-state index contributed by atoms with van der Waals surface area (Å²) in [5, 5.41) is 3.74. The number of nitrogens with zero attached hydrogens (tertiary/aromatic N) is 1. The monoisotopic (exact) mass is 224 g/mol. The van der Waals surface area contributed by atoms with Crippen molar-refractivity contribution in [3.63, 3.8) is 0 Å². The van der Waals surface area contributed by atoms with Crippen LogP contribution in [0.3, 0.4) is 0 Å². The van der Waals surface area contributed by atoms with Gasteiger partial charge in [-0.3, -0.25) is 4.90 Å². The van der Waals surface area contributed by atoms with Gasteiger partial charge in [-0.05, 0) is 38.1 Å². The Bertz CT molecular complexity index is 219. The highest BCUT2D eigenvalue weighted by Gasteiger charge is 2.31. The van der Waals surface area contributed by atoms with Gasteiger partial charge in [0.15, 0.2) is 0 Å². The summed E-state index contributed by atoms with van der Waals surface area (Å²) in [7, 11) is 0. The average molecular weight is 224 g/mol. The van der Waals surface area contributed by atoms with E-state index in [1.165, 1.54) is 51.7 Å². The second kappa shape index (κ2) is 5.05. The van der Waals surface area contributed by atoms with Gasteiger partial charge < -0.3 is 5.32 Å². The maximum atomic E-state index is 3.74. The molecule has 0 aromatic heterocycles. The lowest BCUT2D eigenvalue weighted by Crippen LogP contribution is -2.42. The van der Waals surface area contributed by atoms with Gasteiger partial charge in [0.05, 0.1) is 0 Å². The summed E-state index contributed by atoms with van der Waals surface area (Å²) in [6.07, 6.45) is 7.03. The molecular formula is C14H28N2. The molecule has 0 amide bonds. The zero-order chi connectivity index (χ0) is 11.6. The fraction of sp³-hybridized carbons (Fsp3) is 1.00. The van der Waals surface area contributed by atoms with E-state index >= 15 is 0 Å². The van der Waals surface area contributed by atoms with Crippen LogP contribution in [0.4, 0.5) is 0 Å². The fourth-order valence-corrected chi connectivity index (χ4v) is 3.13. The lowest BCUT2D eigenvalue weighted by Gasteiger charge is -2.27. The molecule has 0 bridgehead atoms. The molecule has 1 heterocycles. The molecule has 0 aromatic rings. The number of likely N-dealkylation sites (tertiary alicyclic amines) is 1. The summed E-state index contributed by atoms with van der Waals surface area (Å²) in [5.41, 5.74) is 0.543. The molecule has 1 atom stereocenters. The molecule has 2 fully saturated rings. The van der Waals surface area contributed by atoms with Crippen LogP contribution in [-0.2, 0) is 0 Å². The minimum Gasteiger partial charge on any atom is -0.312 e. The standard InChI is InChI=1S/C14H28N2/c1-12(10-15-13-6-4-5-7-13)16-9-8-14(2,3)11-16/h12-13,15H,4-11H2,1-3H3. The molecule has 1 N–H and O–H groups in total. The second-order valence-corrected chi connectivity index (χ2v) is 6.62. The van der Waals surface area contributed by atoms with Crippen LogP contribution in [0.15, 0.2) is 0 Å². The van der Waals surface area contributed by atoms with Crippen LogP contribution in [0.5, 0.6) is 0 Å². The summed E-state index contributed by atoms with van der Waals surface area (Å²) in [5.74, 6) is 0. The topological polar surface area (TPSA) is 15.3 Å². The van der Waals surface area contributed by atoms with Crippen molar-refractivity contribution in [1.82, 2.24) is 10.2 Å². The molecule has 0 aromatic carbocycles. The van der Waals surface area contributed by atoms with Gasteiger partial charge in [-0.15, -0.1) is 0 Å². The summed E-state index contributed by atoms with van der Waals surface area (Å²) < 4.78 is 0. The highest BCUT2D eigenvalue weighted by Crippen LogP contribution is 2.29. The molecule has 2 rings (SSSR count). The third kappa shape index (κ3) is 3.21. The Morgan fingerprint density at radius 3 is 2.56 bits per heavy atom. The van der Waals surface area contributed by atoms with E-state index in [4.69, 9.17) is 0 Å². The molecule has 2 heteroatoms. The summed E-state index contributed by atoms with van der Waals surface area (Å²) in [6.45, 7) is 10.9. The van der Waals surface area contributed by atoms with E-state index in [9.17, 15) is 0 Å². The molecular weight excluding hydrogens is 196 g/mol. The first-order valence-electron chi connectivity index (χ1n) is 7.04. The van der Waals surface area contributed by atoms with Crippen molar-refractivity contribution >= 4 is 0 Å². The van der Waals surface area contributed by atoms with Crippen molar-refractivity contribution in [2.45, 2.75) is 65.0 Å². The van der Waals surface area contributed by atoms with E-state index < -0.39 is 0 Å². The molecule has 1 saturated heterocycles. The molecule has 16 heavy (non-hydrogen) atoms. The number of hydrogen-bond donors (Lipinski definition) is 1. The smallest absolute Gasteiger partial charge is 0.0192 e. The molecule has 1 aliphatic heterocycles. The third-order valence-electron chi connectivity index (χ3n) is 4.39. The molecule has 1 aliphatic carbocycles. The summed E-state index contributed by atoms with van der Waals surface area (Å²) >= 11 is 0. The Balaban J connectivity index is 1.69. The maximum Gasteiger partial charge on any atom is 0.0192 e. The minimum atomic E-state index is 0.543. The van der Waals surface area contributed by atoms with Gasteiger partial charge in [-0.1, -0.05) is 26.7 Å². The Kier molecular flexibility index (Phi) is 3.91. The van der Waals surface area contributed by atoms with Crippen molar-refractivity contribution in [2.75, 3.05) is 19.6 Å². The van der Waals surface area contributed by atoms with Gasteiger partial charge >= 0.3 is 0 Å². The molecule has 2 aliphatic rings. The Hall–Kier alpha value is -0.0800. The number of nitrogens with one attached hydrogen (secondary N) is 1. The fourth-order valence-electron chi connectivity index (χ4n) is 3.13. The SMILES string of the molecule is CC(CNC1CCCC1)N1CCC(C)(C)C1. The molecule has 1 saturated carbocycles. The first kappa shape index (κ1) is 12.4. The Morgan fingerprint density at radius 2 is 2.00 bits per heavy atom. The van der Waals surface area contributed by atoms with Gasteiger partial charge in [0.25, 0.3) is 0 Å². The van der Waals surface area contributed by atoms with Crippen molar-refractivity contribution in [3.8, 4) is 0 Å². The van der Waals surface area contributed by atoms with Crippen molar-refractivity contribution in [2.24, 2.45) is 5.41 Å². The highest BCUT2D eigenvalue weighted by atomic mass is 15.2. The molecule has 1 unspecified atom stereocenters. The molecule has 0 radical (unpaired) electrons. The van der Waals surface area contributed by atoms with Crippen LogP contribution >= 0.6 is 0 Å². The van der Waals surface area contributed by atoms with Crippen LogP contribution in [-0.4, -0.2) is 36.6 Å². The molecule has 0 spiro atoms. The van der Waals surface area contributed by atoms with E-state index in [1.54, 1.807) is 0 Å². The van der Waals surface area contributed by atoms with Crippen molar-refractivity contribution in [3.05, 3.63) is 0 Å². The molecule has 2 nitrogen and oxygen atoms in total. The average Bonchev–Trinajstić information content (AvgIpc) is 2.83. The van der Waals surface area contributed by atoms with Gasteiger partial charge in [0.2, 0.25) is 0 Å². The van der Waals surface area contributed by atoms with E-state index in [0.29, 0.717) is 11.5 Å². The normalized spacial score (nSPS) is 28.7. The highest BCUT2D eigenvalue weighted by molar-refractivity contribution is 4.86. The van der Waals surface area contributed by atoms with Crippen LogP contribution in [0.2, 0.25) is 0 Å². The van der Waals surface area contributed by atoms with Gasteiger partial charge in [-0.2, -0.15) is 0 Å². The maximum absolute atomic E-state index is 3.74. The van der Waals surface area contributed by atoms with Gasteiger partial charge in [0.1, 0.15) is 0 Å². The van der Waals surface area contributed by atoms with E-state index in [-0.39, 0.29) is 0 Å². The lowest BCUT2D eigenvalue weighted by molar-refractivity contribution is 0.220. The van der Waals surface area contributed by atoms with Gasteiger partial charge in [0, 0.05) is 25.2 Å². The first-order valence-corrected chi connectivity index (χ1v) is 7.04. The second-order valence-electron chi connectivity index (χ2n) is 6.62. The predicted octanol–water partition coefficient (Wildman–Crippen LogP) is 2.64. The van der Waals surface area contributed by atoms with Crippen molar-refractivity contribution < 1.29 is 0 Å². The Labute approximate surface area is 101 Å². The van der Waals surface area contributed by atoms with E-state index in [2.05, 4.69) is 31.0 Å². The van der Waals surface area contributed by atoms with E-state index in [1.807, 2.05) is 0 Å². The third-order valence-corrected chi connectivity index (χ3v) is 4.39. The minimum absolute atomic E-state index is 0.543. The van der Waals surface area contributed by atoms with Crippen molar-refractivity contribution in [1.29, 1.82) is 0 Å².